The Balaban J connectivity index is 1.94. The quantitative estimate of drug-likeness (QED) is 0.340. The molecule has 4 heteroatoms. The van der Waals surface area contributed by atoms with E-state index in [0.29, 0.717) is 8.58 Å². The molecular formula is C23H24NO2P. The second-order valence-electron chi connectivity index (χ2n) is 6.26. The Labute approximate surface area is 162 Å². The van der Waals surface area contributed by atoms with Gasteiger partial charge in [-0.1, -0.05) is 63.2 Å². The van der Waals surface area contributed by atoms with Crippen molar-refractivity contribution < 1.29 is 9.47 Å². The number of para-hydroxylation sites is 2. The molecule has 0 bridgehead atoms. The van der Waals surface area contributed by atoms with Crippen LogP contribution in [0.1, 0.15) is 16.7 Å². The zero-order chi connectivity index (χ0) is 19.1. The number of rotatable bonds is 7. The van der Waals surface area contributed by atoms with Gasteiger partial charge in [-0.2, -0.15) is 0 Å². The maximum absolute atomic E-state index is 5.85. The zero-order valence-electron chi connectivity index (χ0n) is 15.9. The summed E-state index contributed by atoms with van der Waals surface area (Å²) in [6, 6.07) is 22.6. The molecule has 0 saturated heterocycles. The molecule has 138 valence electrons. The van der Waals surface area contributed by atoms with E-state index in [0.717, 1.165) is 22.6 Å². The minimum atomic E-state index is 0.248. The summed E-state index contributed by atoms with van der Waals surface area (Å²) in [6.07, 6.45) is 1.95. The average molecular weight is 377 g/mol. The fourth-order valence-electron chi connectivity index (χ4n) is 2.82. The van der Waals surface area contributed by atoms with Gasteiger partial charge in [0.05, 0.1) is 5.69 Å². The van der Waals surface area contributed by atoms with Crippen LogP contribution in [0.5, 0.6) is 5.75 Å². The summed E-state index contributed by atoms with van der Waals surface area (Å²) in [4.78, 5) is 4.64. The SMILES string of the molecule is COCOc1c(C)cccc1Pc1c(C)cccc1C=Nc1ccccc1. The molecule has 3 aromatic rings. The Morgan fingerprint density at radius 2 is 1.63 bits per heavy atom. The molecule has 27 heavy (non-hydrogen) atoms. The largest absolute Gasteiger partial charge is 0.467 e. The molecule has 3 aromatic carbocycles. The van der Waals surface area contributed by atoms with E-state index < -0.39 is 0 Å². The van der Waals surface area contributed by atoms with Gasteiger partial charge in [0, 0.05) is 24.2 Å². The smallest absolute Gasteiger partial charge is 0.188 e. The highest BCUT2D eigenvalue weighted by Gasteiger charge is 2.11. The third-order valence-corrected chi connectivity index (χ3v) is 5.80. The number of aryl methyl sites for hydroxylation is 2. The van der Waals surface area contributed by atoms with E-state index in [9.17, 15) is 0 Å². The van der Waals surface area contributed by atoms with Crippen LogP contribution in [0.15, 0.2) is 71.7 Å². The van der Waals surface area contributed by atoms with E-state index in [1.807, 2.05) is 36.5 Å². The summed E-state index contributed by atoms with van der Waals surface area (Å²) in [5, 5.41) is 2.46. The predicted molar refractivity (Wildman–Crippen MR) is 116 cm³/mol. The number of hydrogen-bond donors (Lipinski definition) is 0. The van der Waals surface area contributed by atoms with Gasteiger partial charge in [-0.25, -0.2) is 0 Å². The first-order valence-corrected chi connectivity index (χ1v) is 9.86. The molecule has 0 aromatic heterocycles. The third kappa shape index (κ3) is 5.03. The van der Waals surface area contributed by atoms with Gasteiger partial charge in [-0.15, -0.1) is 0 Å². The summed E-state index contributed by atoms with van der Waals surface area (Å²) in [5.74, 6) is 0.909. The molecule has 0 heterocycles. The normalized spacial score (nSPS) is 11.5. The lowest BCUT2D eigenvalue weighted by Gasteiger charge is -2.16. The number of benzene rings is 3. The Morgan fingerprint density at radius 3 is 2.41 bits per heavy atom. The molecule has 0 aliphatic rings. The van der Waals surface area contributed by atoms with Crippen molar-refractivity contribution in [2.24, 2.45) is 4.99 Å². The topological polar surface area (TPSA) is 30.8 Å². The van der Waals surface area contributed by atoms with Crippen LogP contribution < -0.4 is 15.3 Å². The maximum Gasteiger partial charge on any atom is 0.188 e. The molecule has 0 amide bonds. The van der Waals surface area contributed by atoms with Gasteiger partial charge in [0.25, 0.3) is 0 Å². The van der Waals surface area contributed by atoms with Crippen molar-refractivity contribution in [3.63, 3.8) is 0 Å². The van der Waals surface area contributed by atoms with Crippen molar-refractivity contribution in [3.8, 4) is 5.75 Å². The van der Waals surface area contributed by atoms with Crippen LogP contribution in [0.2, 0.25) is 0 Å². The van der Waals surface area contributed by atoms with E-state index in [4.69, 9.17) is 9.47 Å². The summed E-state index contributed by atoms with van der Waals surface area (Å²) in [7, 11) is 2.12. The average Bonchev–Trinajstić information content (AvgIpc) is 2.69. The molecule has 0 radical (unpaired) electrons. The molecule has 0 saturated carbocycles. The van der Waals surface area contributed by atoms with Gasteiger partial charge in [0.2, 0.25) is 0 Å². The summed E-state index contributed by atoms with van der Waals surface area (Å²) >= 11 is 0. The Bertz CT molecular complexity index is 923. The van der Waals surface area contributed by atoms with E-state index in [1.165, 1.54) is 16.2 Å². The highest BCUT2D eigenvalue weighted by atomic mass is 31.1. The van der Waals surface area contributed by atoms with Gasteiger partial charge in [-0.3, -0.25) is 4.99 Å². The first-order chi connectivity index (χ1) is 13.2. The zero-order valence-corrected chi connectivity index (χ0v) is 16.9. The first kappa shape index (κ1) is 19.3. The Hall–Kier alpha value is -2.48. The molecule has 0 fully saturated rings. The van der Waals surface area contributed by atoms with Crippen LogP contribution in [0, 0.1) is 13.8 Å². The fraction of sp³-hybridized carbons (Fsp3) is 0.174. The molecule has 0 N–H and O–H groups in total. The fourth-order valence-corrected chi connectivity index (χ4v) is 4.23. The summed E-state index contributed by atoms with van der Waals surface area (Å²) in [5.41, 5.74) is 4.46. The highest BCUT2D eigenvalue weighted by Crippen LogP contribution is 2.25. The van der Waals surface area contributed by atoms with E-state index >= 15 is 0 Å². The Kier molecular flexibility index (Phi) is 6.75. The van der Waals surface area contributed by atoms with E-state index in [1.54, 1.807) is 7.11 Å². The van der Waals surface area contributed by atoms with Gasteiger partial charge >= 0.3 is 0 Å². The first-order valence-electron chi connectivity index (χ1n) is 8.86. The molecule has 1 atom stereocenters. The molecule has 3 rings (SSSR count). The van der Waals surface area contributed by atoms with E-state index in [-0.39, 0.29) is 6.79 Å². The second-order valence-corrected chi connectivity index (χ2v) is 7.55. The lowest BCUT2D eigenvalue weighted by Crippen LogP contribution is -2.15. The van der Waals surface area contributed by atoms with Gasteiger partial charge in [0.1, 0.15) is 5.75 Å². The number of aliphatic imine (C=N–C) groups is 1. The third-order valence-electron chi connectivity index (χ3n) is 4.21. The van der Waals surface area contributed by atoms with Crippen molar-refractivity contribution in [2.75, 3.05) is 13.9 Å². The van der Waals surface area contributed by atoms with Crippen LogP contribution in [-0.2, 0) is 4.74 Å². The van der Waals surface area contributed by atoms with Gasteiger partial charge < -0.3 is 9.47 Å². The number of nitrogens with zero attached hydrogens (tertiary/aromatic N) is 1. The van der Waals surface area contributed by atoms with Crippen molar-refractivity contribution in [1.29, 1.82) is 0 Å². The van der Waals surface area contributed by atoms with E-state index in [2.05, 4.69) is 55.2 Å². The minimum Gasteiger partial charge on any atom is -0.467 e. The molecular weight excluding hydrogens is 353 g/mol. The lowest BCUT2D eigenvalue weighted by molar-refractivity contribution is 0.0514. The monoisotopic (exact) mass is 377 g/mol. The molecule has 3 nitrogen and oxygen atoms in total. The highest BCUT2D eigenvalue weighted by molar-refractivity contribution is 7.56. The van der Waals surface area contributed by atoms with Gasteiger partial charge in [0.15, 0.2) is 6.79 Å². The lowest BCUT2D eigenvalue weighted by atomic mass is 10.1. The molecule has 1 unspecified atom stereocenters. The standard InChI is InChI=1S/C23H24NO2P/c1-17-9-8-14-21(22(17)26-16-25-3)27-23-18(2)10-7-11-19(23)15-24-20-12-5-4-6-13-20/h4-15,27H,16H2,1-3H3. The van der Waals surface area contributed by atoms with Crippen molar-refractivity contribution in [2.45, 2.75) is 13.8 Å². The predicted octanol–water partition coefficient (Wildman–Crippen LogP) is 4.67. The maximum atomic E-state index is 5.85. The van der Waals surface area contributed by atoms with Crippen molar-refractivity contribution in [1.82, 2.24) is 0 Å². The van der Waals surface area contributed by atoms with Crippen LogP contribution >= 0.6 is 8.58 Å². The summed E-state index contributed by atoms with van der Waals surface area (Å²) < 4.78 is 11.0. The Morgan fingerprint density at radius 1 is 0.889 bits per heavy atom. The minimum absolute atomic E-state index is 0.248. The number of methoxy groups -OCH3 is 1. The van der Waals surface area contributed by atoms with Crippen LogP contribution in [0.25, 0.3) is 0 Å². The molecule has 0 aliphatic heterocycles. The van der Waals surface area contributed by atoms with Gasteiger partial charge in [-0.05, 0) is 42.4 Å². The number of hydrogen-bond acceptors (Lipinski definition) is 3. The van der Waals surface area contributed by atoms with Crippen LogP contribution in [-0.4, -0.2) is 20.1 Å². The van der Waals surface area contributed by atoms with Crippen LogP contribution in [0.4, 0.5) is 5.69 Å². The van der Waals surface area contributed by atoms with Crippen molar-refractivity contribution >= 4 is 31.1 Å². The van der Waals surface area contributed by atoms with Crippen molar-refractivity contribution in [3.05, 3.63) is 83.4 Å². The second kappa shape index (κ2) is 9.45. The molecule has 0 spiro atoms. The number of ether oxygens (including phenoxy) is 2. The summed E-state index contributed by atoms with van der Waals surface area (Å²) in [6.45, 7) is 4.46. The van der Waals surface area contributed by atoms with Crippen LogP contribution in [0.3, 0.4) is 0 Å². The molecule has 0 aliphatic carbocycles.